The van der Waals surface area contributed by atoms with E-state index in [9.17, 15) is 18.0 Å². The molecule has 1 N–H and O–H groups in total. The fraction of sp³-hybridized carbons (Fsp3) is 0.381. The number of nitrogens with one attached hydrogen (secondary N) is 1. The van der Waals surface area contributed by atoms with Crippen LogP contribution in [0.2, 0.25) is 0 Å². The summed E-state index contributed by atoms with van der Waals surface area (Å²) >= 11 is 0. The third-order valence-electron chi connectivity index (χ3n) is 4.68. The molecule has 0 spiro atoms. The van der Waals surface area contributed by atoms with E-state index in [0.29, 0.717) is 11.3 Å². The molecule has 3 nitrogen and oxygen atoms in total. The summed E-state index contributed by atoms with van der Waals surface area (Å²) in [5.74, 6) is -0.329. The van der Waals surface area contributed by atoms with E-state index in [2.05, 4.69) is 10.2 Å². The van der Waals surface area contributed by atoms with Crippen molar-refractivity contribution in [3.8, 4) is 0 Å². The van der Waals surface area contributed by atoms with Gasteiger partial charge in [-0.2, -0.15) is 13.2 Å². The molecule has 144 valence electrons. The molecule has 6 heteroatoms. The molecule has 2 aromatic carbocycles. The normalized spacial score (nSPS) is 15.5. The van der Waals surface area contributed by atoms with Gasteiger partial charge in [0.25, 0.3) is 0 Å². The van der Waals surface area contributed by atoms with E-state index in [1.807, 2.05) is 18.2 Å². The number of halogens is 3. The Morgan fingerprint density at radius 2 is 1.67 bits per heavy atom. The molecule has 0 radical (unpaired) electrons. The van der Waals surface area contributed by atoms with Crippen molar-refractivity contribution < 1.29 is 18.0 Å². The van der Waals surface area contributed by atoms with Crippen LogP contribution in [0.15, 0.2) is 48.5 Å². The van der Waals surface area contributed by atoms with Crippen LogP contribution in [0.5, 0.6) is 0 Å². The minimum atomic E-state index is -4.41. The summed E-state index contributed by atoms with van der Waals surface area (Å²) in [4.78, 5) is 14.6. The van der Waals surface area contributed by atoms with Crippen LogP contribution < -0.4 is 5.32 Å². The number of nitrogens with zero attached hydrogens (tertiary/aromatic N) is 1. The van der Waals surface area contributed by atoms with Crippen molar-refractivity contribution in [1.82, 2.24) is 4.90 Å². The molecule has 1 heterocycles. The zero-order valence-corrected chi connectivity index (χ0v) is 15.1. The number of hydrogen-bond acceptors (Lipinski definition) is 2. The van der Waals surface area contributed by atoms with Gasteiger partial charge in [0.05, 0.1) is 12.0 Å². The number of carbonyl (C=O) groups excluding carboxylic acids is 1. The van der Waals surface area contributed by atoms with E-state index in [1.54, 1.807) is 6.07 Å². The minimum Gasteiger partial charge on any atom is -0.326 e. The fourth-order valence-corrected chi connectivity index (χ4v) is 3.37. The lowest BCUT2D eigenvalue weighted by atomic mass is 10.1. The summed E-state index contributed by atoms with van der Waals surface area (Å²) in [6.45, 7) is 3.02. The highest BCUT2D eigenvalue weighted by Gasteiger charge is 2.30. The molecule has 2 aromatic rings. The smallest absolute Gasteiger partial charge is 0.326 e. The molecule has 1 saturated heterocycles. The number of rotatable bonds is 5. The van der Waals surface area contributed by atoms with Crippen molar-refractivity contribution in [2.45, 2.75) is 38.4 Å². The van der Waals surface area contributed by atoms with Crippen LogP contribution in [0.1, 0.15) is 36.0 Å². The molecule has 0 aromatic heterocycles. The van der Waals surface area contributed by atoms with Crippen molar-refractivity contribution in [2.24, 2.45) is 0 Å². The van der Waals surface area contributed by atoms with Gasteiger partial charge in [0.15, 0.2) is 0 Å². The van der Waals surface area contributed by atoms with Gasteiger partial charge < -0.3 is 5.32 Å². The molecular formula is C21H23F3N2O. The molecule has 0 atom stereocenters. The zero-order chi connectivity index (χ0) is 19.3. The summed E-state index contributed by atoms with van der Waals surface area (Å²) < 4.78 is 38.4. The number of likely N-dealkylation sites (tertiary alicyclic amines) is 1. The Bertz CT molecular complexity index is 783. The van der Waals surface area contributed by atoms with Gasteiger partial charge in [-0.1, -0.05) is 36.8 Å². The Balaban J connectivity index is 1.60. The molecule has 3 rings (SSSR count). The van der Waals surface area contributed by atoms with Gasteiger partial charge in [-0.25, -0.2) is 0 Å². The van der Waals surface area contributed by atoms with Gasteiger partial charge in [0, 0.05) is 12.2 Å². The van der Waals surface area contributed by atoms with Gasteiger partial charge in [0.1, 0.15) is 0 Å². The summed E-state index contributed by atoms with van der Waals surface area (Å²) in [7, 11) is 0. The fourth-order valence-electron chi connectivity index (χ4n) is 3.37. The predicted octanol–water partition coefficient (Wildman–Crippen LogP) is 4.87. The summed E-state index contributed by atoms with van der Waals surface area (Å²) in [5.41, 5.74) is 1.39. The minimum absolute atomic E-state index is 0.0970. The van der Waals surface area contributed by atoms with Gasteiger partial charge in [-0.05, 0) is 55.3 Å². The second-order valence-electron chi connectivity index (χ2n) is 6.96. The number of hydrogen-bond donors (Lipinski definition) is 1. The van der Waals surface area contributed by atoms with E-state index < -0.39 is 11.7 Å². The first-order valence-electron chi connectivity index (χ1n) is 9.17. The zero-order valence-electron chi connectivity index (χ0n) is 15.1. The molecule has 0 saturated carbocycles. The Morgan fingerprint density at radius 1 is 0.963 bits per heavy atom. The lowest BCUT2D eigenvalue weighted by molar-refractivity contribution is -0.137. The van der Waals surface area contributed by atoms with Crippen LogP contribution in [-0.4, -0.2) is 23.9 Å². The Hall–Kier alpha value is -2.34. The third-order valence-corrected chi connectivity index (χ3v) is 4.68. The highest BCUT2D eigenvalue weighted by molar-refractivity contribution is 5.92. The number of piperidine rings is 1. The maximum absolute atomic E-state index is 12.8. The molecule has 0 bridgehead atoms. The number of carbonyl (C=O) groups is 1. The van der Waals surface area contributed by atoms with Crippen molar-refractivity contribution in [3.63, 3.8) is 0 Å². The molecule has 0 aliphatic carbocycles. The van der Waals surface area contributed by atoms with Crippen molar-refractivity contribution >= 4 is 11.6 Å². The number of benzene rings is 2. The SMILES string of the molecule is O=C(Cc1cccc(C(F)(F)F)c1)Nc1cccc(CN2CCCCC2)c1. The third kappa shape index (κ3) is 5.82. The van der Waals surface area contributed by atoms with E-state index in [0.717, 1.165) is 37.3 Å². The maximum atomic E-state index is 12.8. The predicted molar refractivity (Wildman–Crippen MR) is 99.3 cm³/mol. The van der Waals surface area contributed by atoms with Crippen LogP contribution in [0.4, 0.5) is 18.9 Å². The molecule has 1 fully saturated rings. The largest absolute Gasteiger partial charge is 0.416 e. The summed E-state index contributed by atoms with van der Waals surface area (Å²) in [5, 5.41) is 2.79. The molecule has 27 heavy (non-hydrogen) atoms. The topological polar surface area (TPSA) is 32.3 Å². The Morgan fingerprint density at radius 3 is 2.41 bits per heavy atom. The van der Waals surface area contributed by atoms with Crippen molar-refractivity contribution in [3.05, 3.63) is 65.2 Å². The van der Waals surface area contributed by atoms with Crippen LogP contribution in [0.3, 0.4) is 0 Å². The molecule has 1 aliphatic rings. The Labute approximate surface area is 157 Å². The Kier molecular flexibility index (Phi) is 6.16. The summed E-state index contributed by atoms with van der Waals surface area (Å²) in [6, 6.07) is 12.5. The second-order valence-corrected chi connectivity index (χ2v) is 6.96. The van der Waals surface area contributed by atoms with E-state index in [1.165, 1.54) is 31.4 Å². The number of amides is 1. The van der Waals surface area contributed by atoms with E-state index in [4.69, 9.17) is 0 Å². The highest BCUT2D eigenvalue weighted by Crippen LogP contribution is 2.29. The number of alkyl halides is 3. The standard InChI is InChI=1S/C21H23F3N2O/c22-21(23,24)18-8-4-6-16(12-18)14-20(27)25-19-9-5-7-17(13-19)15-26-10-2-1-3-11-26/h4-9,12-13H,1-3,10-11,14-15H2,(H,25,27). The lowest BCUT2D eigenvalue weighted by Gasteiger charge is -2.26. The van der Waals surface area contributed by atoms with Gasteiger partial charge in [0.2, 0.25) is 5.91 Å². The monoisotopic (exact) mass is 376 g/mol. The van der Waals surface area contributed by atoms with Gasteiger partial charge in [-0.3, -0.25) is 9.69 Å². The summed E-state index contributed by atoms with van der Waals surface area (Å²) in [6.07, 6.45) is -0.793. The van der Waals surface area contributed by atoms with E-state index >= 15 is 0 Å². The molecule has 1 aliphatic heterocycles. The maximum Gasteiger partial charge on any atom is 0.416 e. The van der Waals surface area contributed by atoms with Gasteiger partial charge in [-0.15, -0.1) is 0 Å². The van der Waals surface area contributed by atoms with Crippen LogP contribution >= 0.6 is 0 Å². The highest BCUT2D eigenvalue weighted by atomic mass is 19.4. The van der Waals surface area contributed by atoms with Crippen LogP contribution in [0, 0.1) is 0 Å². The average molecular weight is 376 g/mol. The van der Waals surface area contributed by atoms with Crippen molar-refractivity contribution in [1.29, 1.82) is 0 Å². The van der Waals surface area contributed by atoms with Crippen LogP contribution in [-0.2, 0) is 23.9 Å². The van der Waals surface area contributed by atoms with Gasteiger partial charge >= 0.3 is 6.18 Å². The van der Waals surface area contributed by atoms with Crippen molar-refractivity contribution in [2.75, 3.05) is 18.4 Å². The average Bonchev–Trinajstić information content (AvgIpc) is 2.62. The van der Waals surface area contributed by atoms with Crippen LogP contribution in [0.25, 0.3) is 0 Å². The lowest BCUT2D eigenvalue weighted by Crippen LogP contribution is -2.29. The first-order chi connectivity index (χ1) is 12.9. The second kappa shape index (κ2) is 8.57. The molecule has 0 unspecified atom stereocenters. The number of anilines is 1. The first kappa shape index (κ1) is 19.4. The van der Waals surface area contributed by atoms with E-state index in [-0.39, 0.29) is 12.3 Å². The molecule has 1 amide bonds. The first-order valence-corrected chi connectivity index (χ1v) is 9.17. The molecular weight excluding hydrogens is 353 g/mol. The quantitative estimate of drug-likeness (QED) is 0.807.